The average Bonchev–Trinajstić information content (AvgIpc) is 3.60. The highest BCUT2D eigenvalue weighted by molar-refractivity contribution is 7.91. The van der Waals surface area contributed by atoms with Gasteiger partial charge in [-0.3, -0.25) is 15.1 Å². The van der Waals surface area contributed by atoms with Gasteiger partial charge in [-0.25, -0.2) is 27.3 Å². The molecule has 16 heteroatoms. The zero-order chi connectivity index (χ0) is 25.9. The third kappa shape index (κ3) is 5.64. The highest BCUT2D eigenvalue weighted by Gasteiger charge is 2.43. The molecule has 2 aromatic heterocycles. The summed E-state index contributed by atoms with van der Waals surface area (Å²) in [7, 11) is -8.02. The van der Waals surface area contributed by atoms with Crippen LogP contribution in [0, 0.1) is 0 Å². The first kappa shape index (κ1) is 26.7. The van der Waals surface area contributed by atoms with Crippen LogP contribution in [0.25, 0.3) is 10.4 Å². The van der Waals surface area contributed by atoms with Crippen LogP contribution >= 0.6 is 24.0 Å². The maximum Gasteiger partial charge on any atom is 0.263 e. The van der Waals surface area contributed by atoms with Gasteiger partial charge >= 0.3 is 0 Å². The SMILES string of the molecule is O=C(NO)[C@H]1CN(S(=O)(=O)CCC(S)c2ncn[nH]2)CCN1S(=O)(=O)c1ccc(-c2ccccc2)s1. The molecule has 0 radical (unpaired) electrons. The molecular weight excluding hydrogens is 549 g/mol. The monoisotopic (exact) mass is 572 g/mol. The number of hydrogen-bond donors (Lipinski definition) is 4. The minimum absolute atomic E-state index is 0.0124. The number of thiophene rings is 1. The van der Waals surface area contributed by atoms with Crippen molar-refractivity contribution in [2.45, 2.75) is 21.9 Å². The molecule has 1 fully saturated rings. The lowest BCUT2D eigenvalue weighted by Crippen LogP contribution is -2.61. The molecule has 1 unspecified atom stereocenters. The molecule has 3 heterocycles. The van der Waals surface area contributed by atoms with Crippen molar-refractivity contribution in [1.29, 1.82) is 0 Å². The lowest BCUT2D eigenvalue weighted by atomic mass is 10.2. The Labute approximate surface area is 217 Å². The van der Waals surface area contributed by atoms with Gasteiger partial charge in [-0.05, 0) is 24.1 Å². The number of piperazine rings is 1. The van der Waals surface area contributed by atoms with Crippen LogP contribution in [0.15, 0.2) is 53.0 Å². The summed E-state index contributed by atoms with van der Waals surface area (Å²) in [5.74, 6) is -0.896. The summed E-state index contributed by atoms with van der Waals surface area (Å²) in [4.78, 5) is 17.1. The Bertz CT molecular complexity index is 1400. The molecule has 3 N–H and O–H groups in total. The van der Waals surface area contributed by atoms with Gasteiger partial charge in [0.2, 0.25) is 10.0 Å². The summed E-state index contributed by atoms with van der Waals surface area (Å²) < 4.78 is 54.9. The van der Waals surface area contributed by atoms with E-state index in [1.54, 1.807) is 6.07 Å². The maximum absolute atomic E-state index is 13.4. The van der Waals surface area contributed by atoms with E-state index in [-0.39, 0.29) is 29.5 Å². The Morgan fingerprint density at radius 1 is 1.19 bits per heavy atom. The molecule has 194 valence electrons. The highest BCUT2D eigenvalue weighted by Crippen LogP contribution is 2.34. The van der Waals surface area contributed by atoms with Gasteiger partial charge in [0.15, 0.2) is 0 Å². The summed E-state index contributed by atoms with van der Waals surface area (Å²) in [6.45, 7) is -0.845. The van der Waals surface area contributed by atoms with Crippen molar-refractivity contribution in [1.82, 2.24) is 29.3 Å². The topological polar surface area (TPSA) is 166 Å². The van der Waals surface area contributed by atoms with E-state index in [9.17, 15) is 26.8 Å². The average molecular weight is 573 g/mol. The Morgan fingerprint density at radius 3 is 2.61 bits per heavy atom. The van der Waals surface area contributed by atoms with Crippen molar-refractivity contribution in [3.8, 4) is 10.4 Å². The Balaban J connectivity index is 1.52. The summed E-state index contributed by atoms with van der Waals surface area (Å²) in [5, 5.41) is 15.1. The van der Waals surface area contributed by atoms with Crippen LogP contribution in [0.4, 0.5) is 0 Å². The quantitative estimate of drug-likeness (QED) is 0.168. The molecule has 2 atom stereocenters. The number of amides is 1. The molecule has 36 heavy (non-hydrogen) atoms. The molecule has 0 spiro atoms. The molecule has 12 nitrogen and oxygen atoms in total. The van der Waals surface area contributed by atoms with Crippen molar-refractivity contribution in [3.05, 3.63) is 54.6 Å². The number of nitrogens with one attached hydrogen (secondary N) is 2. The second-order valence-electron chi connectivity index (χ2n) is 7.94. The van der Waals surface area contributed by atoms with Gasteiger partial charge < -0.3 is 0 Å². The normalized spacial score (nSPS) is 18.7. The standard InChI is InChI=1S/C20H24N6O6S4/c27-20(24-28)15-12-25(35(29,30)11-8-16(33)19-21-13-22-23-19)9-10-26(15)36(31,32)18-7-6-17(34-18)14-4-2-1-3-5-14/h1-7,13,15-16,28,33H,8-12H2,(H,24,27)(H,21,22,23)/t15-,16?/m1/s1. The van der Waals surface area contributed by atoms with E-state index >= 15 is 0 Å². The van der Waals surface area contributed by atoms with Crippen molar-refractivity contribution >= 4 is 49.9 Å². The first-order chi connectivity index (χ1) is 17.1. The van der Waals surface area contributed by atoms with Crippen LogP contribution in [0.1, 0.15) is 17.5 Å². The number of carbonyl (C=O) groups excluding carboxylic acids is 1. The molecule has 1 aromatic carbocycles. The third-order valence-corrected chi connectivity index (χ3v) is 11.6. The van der Waals surface area contributed by atoms with E-state index in [4.69, 9.17) is 0 Å². The second kappa shape index (κ2) is 11.0. The van der Waals surface area contributed by atoms with Gasteiger partial charge in [-0.2, -0.15) is 26.3 Å². The van der Waals surface area contributed by atoms with E-state index < -0.39 is 43.8 Å². The first-order valence-corrected chi connectivity index (χ1v) is 15.1. The van der Waals surface area contributed by atoms with Crippen LogP contribution in [-0.2, 0) is 24.8 Å². The van der Waals surface area contributed by atoms with Crippen LogP contribution < -0.4 is 5.48 Å². The molecule has 0 bridgehead atoms. The first-order valence-electron chi connectivity index (χ1n) is 10.8. The predicted octanol–water partition coefficient (Wildman–Crippen LogP) is 1.10. The number of hydroxylamine groups is 1. The number of nitrogens with zero attached hydrogens (tertiary/aromatic N) is 4. The largest absolute Gasteiger partial charge is 0.289 e. The van der Waals surface area contributed by atoms with Gasteiger partial charge in [-0.1, -0.05) is 30.3 Å². The number of rotatable bonds is 9. The molecule has 1 aliphatic rings. The fourth-order valence-corrected chi connectivity index (χ4v) is 8.76. The highest BCUT2D eigenvalue weighted by atomic mass is 32.2. The lowest BCUT2D eigenvalue weighted by molar-refractivity contribution is -0.134. The number of aromatic nitrogens is 3. The van der Waals surface area contributed by atoms with Crippen LogP contribution in [0.2, 0.25) is 0 Å². The molecule has 3 aromatic rings. The number of hydrogen-bond acceptors (Lipinski definition) is 10. The molecule has 0 saturated carbocycles. The lowest BCUT2D eigenvalue weighted by Gasteiger charge is -2.38. The van der Waals surface area contributed by atoms with Gasteiger partial charge in [0, 0.05) is 24.5 Å². The summed E-state index contributed by atoms with van der Waals surface area (Å²) in [5.41, 5.74) is 2.31. The van der Waals surface area contributed by atoms with E-state index in [2.05, 4.69) is 27.8 Å². The fraction of sp³-hybridized carbons (Fsp3) is 0.350. The van der Waals surface area contributed by atoms with E-state index in [0.717, 1.165) is 30.4 Å². The molecule has 1 saturated heterocycles. The molecular formula is C20H24N6O6S4. The Kier molecular flexibility index (Phi) is 8.13. The van der Waals surface area contributed by atoms with E-state index in [1.807, 2.05) is 30.3 Å². The summed E-state index contributed by atoms with van der Waals surface area (Å²) in [6, 6.07) is 10.9. The van der Waals surface area contributed by atoms with Crippen LogP contribution in [0.3, 0.4) is 0 Å². The number of benzene rings is 1. The Morgan fingerprint density at radius 2 is 1.94 bits per heavy atom. The maximum atomic E-state index is 13.4. The number of sulfonamides is 2. The van der Waals surface area contributed by atoms with Gasteiger partial charge in [-0.15, -0.1) is 11.3 Å². The molecule has 1 aliphatic heterocycles. The second-order valence-corrected chi connectivity index (χ2v) is 13.9. The minimum Gasteiger partial charge on any atom is -0.289 e. The van der Waals surface area contributed by atoms with E-state index in [1.165, 1.54) is 17.9 Å². The van der Waals surface area contributed by atoms with E-state index in [0.29, 0.717) is 5.82 Å². The number of aromatic amines is 1. The number of H-pyrrole nitrogens is 1. The zero-order valence-corrected chi connectivity index (χ0v) is 22.1. The smallest absolute Gasteiger partial charge is 0.263 e. The molecule has 4 rings (SSSR count). The minimum atomic E-state index is -4.15. The summed E-state index contributed by atoms with van der Waals surface area (Å²) >= 11 is 5.39. The van der Waals surface area contributed by atoms with Crippen LogP contribution in [0.5, 0.6) is 0 Å². The van der Waals surface area contributed by atoms with Crippen molar-refractivity contribution in [2.24, 2.45) is 0 Å². The van der Waals surface area contributed by atoms with Gasteiger partial charge in [0.05, 0.1) is 11.0 Å². The number of thiol groups is 1. The summed E-state index contributed by atoms with van der Waals surface area (Å²) in [6.07, 6.45) is 1.41. The fourth-order valence-electron chi connectivity index (χ4n) is 3.80. The third-order valence-electron chi connectivity index (χ3n) is 5.70. The van der Waals surface area contributed by atoms with Gasteiger partial charge in [0.1, 0.15) is 22.4 Å². The van der Waals surface area contributed by atoms with Crippen LogP contribution in [-0.4, -0.2) is 83.2 Å². The van der Waals surface area contributed by atoms with Gasteiger partial charge in [0.25, 0.3) is 15.9 Å². The molecule has 0 aliphatic carbocycles. The zero-order valence-electron chi connectivity index (χ0n) is 18.8. The number of carbonyl (C=O) groups is 1. The van der Waals surface area contributed by atoms with Crippen molar-refractivity contribution in [2.75, 3.05) is 25.4 Å². The Hall–Kier alpha value is -2.34. The molecule has 1 amide bonds. The van der Waals surface area contributed by atoms with Crippen molar-refractivity contribution < 1.29 is 26.8 Å². The predicted molar refractivity (Wildman–Crippen MR) is 135 cm³/mol. The van der Waals surface area contributed by atoms with Crippen molar-refractivity contribution in [3.63, 3.8) is 0 Å².